The van der Waals surface area contributed by atoms with Gasteiger partial charge in [0, 0.05) is 11.8 Å². The third-order valence-electron chi connectivity index (χ3n) is 2.50. The molecule has 0 aliphatic heterocycles. The standard InChI is InChI=1S/C14H19NO3/c1-10(2)8-12(14(17)18-3)15-9-11-6-4-5-7-13(11)16/h4-7,9-10,12,16H,8H2,1-3H3. The number of nitrogens with zero attached hydrogens (tertiary/aromatic N) is 1. The van der Waals surface area contributed by atoms with Crippen molar-refractivity contribution < 1.29 is 14.6 Å². The van der Waals surface area contributed by atoms with Crippen molar-refractivity contribution in [3.63, 3.8) is 0 Å². The largest absolute Gasteiger partial charge is 0.507 e. The molecule has 1 unspecified atom stereocenters. The molecule has 0 bridgehead atoms. The number of phenols is 1. The van der Waals surface area contributed by atoms with Crippen LogP contribution in [0.1, 0.15) is 25.8 Å². The van der Waals surface area contributed by atoms with Crippen molar-refractivity contribution >= 4 is 12.2 Å². The molecule has 18 heavy (non-hydrogen) atoms. The van der Waals surface area contributed by atoms with Crippen LogP contribution < -0.4 is 0 Å². The minimum Gasteiger partial charge on any atom is -0.507 e. The second-order valence-electron chi connectivity index (χ2n) is 4.51. The van der Waals surface area contributed by atoms with Crippen LogP contribution >= 0.6 is 0 Å². The first kappa shape index (κ1) is 14.2. The number of hydrogen-bond acceptors (Lipinski definition) is 4. The van der Waals surface area contributed by atoms with E-state index in [0.29, 0.717) is 17.9 Å². The normalized spacial score (nSPS) is 12.9. The minimum atomic E-state index is -0.519. The second-order valence-corrected chi connectivity index (χ2v) is 4.51. The van der Waals surface area contributed by atoms with Gasteiger partial charge in [-0.15, -0.1) is 0 Å². The van der Waals surface area contributed by atoms with E-state index in [1.807, 2.05) is 13.8 Å². The van der Waals surface area contributed by atoms with E-state index in [1.165, 1.54) is 13.3 Å². The van der Waals surface area contributed by atoms with Gasteiger partial charge >= 0.3 is 5.97 Å². The molecule has 1 aromatic carbocycles. The van der Waals surface area contributed by atoms with Gasteiger partial charge in [0.2, 0.25) is 0 Å². The number of aromatic hydroxyl groups is 1. The number of carbonyl (C=O) groups is 1. The summed E-state index contributed by atoms with van der Waals surface area (Å²) in [4.78, 5) is 15.8. The highest BCUT2D eigenvalue weighted by Crippen LogP contribution is 2.15. The average Bonchev–Trinajstić information content (AvgIpc) is 2.34. The zero-order valence-corrected chi connectivity index (χ0v) is 11.0. The third kappa shape index (κ3) is 4.20. The van der Waals surface area contributed by atoms with Gasteiger partial charge in [-0.2, -0.15) is 0 Å². The van der Waals surface area contributed by atoms with Crippen LogP contribution in [0.3, 0.4) is 0 Å². The van der Waals surface area contributed by atoms with Gasteiger partial charge in [0.15, 0.2) is 0 Å². The first-order valence-electron chi connectivity index (χ1n) is 5.93. The lowest BCUT2D eigenvalue weighted by atomic mass is 10.0. The molecule has 0 aliphatic rings. The summed E-state index contributed by atoms with van der Waals surface area (Å²) in [6.45, 7) is 4.04. The van der Waals surface area contributed by atoms with Gasteiger partial charge in [-0.3, -0.25) is 4.99 Å². The van der Waals surface area contributed by atoms with Crippen LogP contribution in [-0.4, -0.2) is 30.4 Å². The summed E-state index contributed by atoms with van der Waals surface area (Å²) in [6, 6.07) is 6.34. The predicted molar refractivity (Wildman–Crippen MR) is 71.0 cm³/mol. The Morgan fingerprint density at radius 1 is 1.44 bits per heavy atom. The lowest BCUT2D eigenvalue weighted by molar-refractivity contribution is -0.142. The van der Waals surface area contributed by atoms with E-state index in [9.17, 15) is 9.90 Å². The molecular weight excluding hydrogens is 230 g/mol. The summed E-state index contributed by atoms with van der Waals surface area (Å²) >= 11 is 0. The molecule has 0 aromatic heterocycles. The maximum atomic E-state index is 11.6. The SMILES string of the molecule is COC(=O)C(CC(C)C)N=Cc1ccccc1O. The van der Waals surface area contributed by atoms with Crippen LogP contribution in [-0.2, 0) is 9.53 Å². The number of methoxy groups -OCH3 is 1. The van der Waals surface area contributed by atoms with Crippen LogP contribution in [0.2, 0.25) is 0 Å². The van der Waals surface area contributed by atoms with Crippen LogP contribution in [0.5, 0.6) is 5.75 Å². The van der Waals surface area contributed by atoms with Gasteiger partial charge in [-0.1, -0.05) is 26.0 Å². The Balaban J connectivity index is 2.83. The highest BCUT2D eigenvalue weighted by Gasteiger charge is 2.18. The van der Waals surface area contributed by atoms with Crippen LogP contribution in [0, 0.1) is 5.92 Å². The molecule has 0 saturated heterocycles. The zero-order valence-electron chi connectivity index (χ0n) is 11.0. The molecule has 0 fully saturated rings. The summed E-state index contributed by atoms with van der Waals surface area (Å²) in [5, 5.41) is 9.59. The number of hydrogen-bond donors (Lipinski definition) is 1. The molecule has 0 saturated carbocycles. The van der Waals surface area contributed by atoms with E-state index in [0.717, 1.165) is 0 Å². The molecule has 0 aliphatic carbocycles. The Kier molecular flexibility index (Phi) is 5.36. The lowest BCUT2D eigenvalue weighted by Crippen LogP contribution is -2.22. The molecule has 1 rings (SSSR count). The highest BCUT2D eigenvalue weighted by molar-refractivity contribution is 5.86. The zero-order chi connectivity index (χ0) is 13.5. The molecular formula is C14H19NO3. The molecule has 4 nitrogen and oxygen atoms in total. The van der Waals surface area contributed by atoms with Crippen molar-refractivity contribution in [3.8, 4) is 5.75 Å². The number of ether oxygens (including phenoxy) is 1. The monoisotopic (exact) mass is 249 g/mol. The molecule has 98 valence electrons. The molecule has 4 heteroatoms. The predicted octanol–water partition coefficient (Wildman–Crippen LogP) is 2.40. The van der Waals surface area contributed by atoms with Gasteiger partial charge in [0.25, 0.3) is 0 Å². The van der Waals surface area contributed by atoms with Crippen LogP contribution in [0.4, 0.5) is 0 Å². The highest BCUT2D eigenvalue weighted by atomic mass is 16.5. The molecule has 0 heterocycles. The topological polar surface area (TPSA) is 58.9 Å². The first-order chi connectivity index (χ1) is 8.54. The third-order valence-corrected chi connectivity index (χ3v) is 2.50. The number of para-hydroxylation sites is 1. The number of benzene rings is 1. The maximum absolute atomic E-state index is 11.6. The fraction of sp³-hybridized carbons (Fsp3) is 0.429. The molecule has 0 amide bonds. The fourth-order valence-corrected chi connectivity index (χ4v) is 1.57. The van der Waals surface area contributed by atoms with Crippen molar-refractivity contribution in [2.75, 3.05) is 7.11 Å². The van der Waals surface area contributed by atoms with Gasteiger partial charge in [0.05, 0.1) is 7.11 Å². The average molecular weight is 249 g/mol. The van der Waals surface area contributed by atoms with Crippen molar-refractivity contribution in [2.24, 2.45) is 10.9 Å². The smallest absolute Gasteiger partial charge is 0.330 e. The minimum absolute atomic E-state index is 0.148. The first-order valence-corrected chi connectivity index (χ1v) is 5.93. The summed E-state index contributed by atoms with van der Waals surface area (Å²) < 4.78 is 4.72. The number of esters is 1. The Morgan fingerprint density at radius 3 is 2.67 bits per heavy atom. The Labute approximate surface area is 107 Å². The van der Waals surface area contributed by atoms with Gasteiger partial charge < -0.3 is 9.84 Å². The van der Waals surface area contributed by atoms with Crippen LogP contribution in [0.15, 0.2) is 29.3 Å². The van der Waals surface area contributed by atoms with Crippen molar-refractivity contribution in [1.29, 1.82) is 0 Å². The van der Waals surface area contributed by atoms with E-state index >= 15 is 0 Å². The molecule has 1 N–H and O–H groups in total. The number of rotatable bonds is 5. The summed E-state index contributed by atoms with van der Waals surface area (Å²) in [5.74, 6) is 0.139. The Bertz CT molecular complexity index is 427. The second kappa shape index (κ2) is 6.79. The van der Waals surface area contributed by atoms with E-state index in [-0.39, 0.29) is 11.7 Å². The summed E-state index contributed by atoms with van der Waals surface area (Å²) in [7, 11) is 1.35. The summed E-state index contributed by atoms with van der Waals surface area (Å²) in [5.41, 5.74) is 0.593. The molecule has 0 radical (unpaired) electrons. The summed E-state index contributed by atoms with van der Waals surface area (Å²) in [6.07, 6.45) is 2.13. The maximum Gasteiger partial charge on any atom is 0.330 e. The molecule has 1 atom stereocenters. The van der Waals surface area contributed by atoms with E-state index in [2.05, 4.69) is 4.99 Å². The van der Waals surface area contributed by atoms with Crippen molar-refractivity contribution in [3.05, 3.63) is 29.8 Å². The Morgan fingerprint density at radius 2 is 2.11 bits per heavy atom. The number of carbonyl (C=O) groups excluding carboxylic acids is 1. The quantitative estimate of drug-likeness (QED) is 0.644. The van der Waals surface area contributed by atoms with E-state index < -0.39 is 6.04 Å². The van der Waals surface area contributed by atoms with E-state index in [4.69, 9.17) is 4.74 Å². The van der Waals surface area contributed by atoms with Crippen molar-refractivity contribution in [1.82, 2.24) is 0 Å². The fourth-order valence-electron chi connectivity index (χ4n) is 1.57. The van der Waals surface area contributed by atoms with Crippen molar-refractivity contribution in [2.45, 2.75) is 26.3 Å². The molecule has 0 spiro atoms. The lowest BCUT2D eigenvalue weighted by Gasteiger charge is -2.12. The number of aliphatic imine (C=N–C) groups is 1. The van der Waals surface area contributed by atoms with Gasteiger partial charge in [-0.05, 0) is 24.5 Å². The number of phenolic OH excluding ortho intramolecular Hbond substituents is 1. The van der Waals surface area contributed by atoms with Gasteiger partial charge in [0.1, 0.15) is 11.8 Å². The molecule has 1 aromatic rings. The van der Waals surface area contributed by atoms with Crippen LogP contribution in [0.25, 0.3) is 0 Å². The van der Waals surface area contributed by atoms with Gasteiger partial charge in [-0.25, -0.2) is 4.79 Å². The Hall–Kier alpha value is -1.84. The van der Waals surface area contributed by atoms with E-state index in [1.54, 1.807) is 24.3 Å².